The van der Waals surface area contributed by atoms with Crippen molar-refractivity contribution in [3.05, 3.63) is 156 Å². The largest absolute Gasteiger partial charge is 0.380 e. The third-order valence-electron chi connectivity index (χ3n) is 8.11. The van der Waals surface area contributed by atoms with Crippen LogP contribution in [0.25, 0.3) is 47.7 Å². The summed E-state index contributed by atoms with van der Waals surface area (Å²) >= 11 is 1.87. The summed E-state index contributed by atoms with van der Waals surface area (Å²) in [6.45, 7) is 0.675. The number of aromatic nitrogens is 1. The van der Waals surface area contributed by atoms with E-state index >= 15 is 0 Å². The highest BCUT2D eigenvalue weighted by Gasteiger charge is 2.15. The minimum Gasteiger partial charge on any atom is -0.380 e. The highest BCUT2D eigenvalue weighted by atomic mass is 32.1. The molecule has 0 aliphatic heterocycles. The standard InChI is InChI=1S/C38H27N3S/c39-38(26-10-2-1-3-11-26)30-14-4-7-15-33(30)40-24-25-18-20-27(21-19-25)41-34-16-8-5-12-28(34)31-23-37-32(22-35(31)41)29-13-6-9-17-36(29)42-37/h1-23,39-40H,24H2. The Kier molecular flexibility index (Phi) is 5.87. The van der Waals surface area contributed by atoms with Crippen LogP contribution in [0.2, 0.25) is 0 Å². The zero-order valence-electron chi connectivity index (χ0n) is 22.8. The van der Waals surface area contributed by atoms with Crippen molar-refractivity contribution in [1.82, 2.24) is 4.57 Å². The maximum absolute atomic E-state index is 8.78. The molecule has 6 aromatic carbocycles. The predicted octanol–water partition coefficient (Wildman–Crippen LogP) is 10.2. The summed E-state index contributed by atoms with van der Waals surface area (Å²) in [6, 6.07) is 49.0. The quantitative estimate of drug-likeness (QED) is 0.196. The summed E-state index contributed by atoms with van der Waals surface area (Å²) in [5.41, 5.74) is 8.08. The van der Waals surface area contributed by atoms with Crippen molar-refractivity contribution in [3.63, 3.8) is 0 Å². The third kappa shape index (κ3) is 4.08. The Labute approximate surface area is 247 Å². The van der Waals surface area contributed by atoms with Crippen LogP contribution in [0.15, 0.2) is 140 Å². The van der Waals surface area contributed by atoms with Crippen molar-refractivity contribution in [2.24, 2.45) is 0 Å². The van der Waals surface area contributed by atoms with Gasteiger partial charge in [-0.05, 0) is 48.0 Å². The van der Waals surface area contributed by atoms with Crippen LogP contribution in [-0.4, -0.2) is 10.3 Å². The highest BCUT2D eigenvalue weighted by molar-refractivity contribution is 7.25. The fourth-order valence-electron chi connectivity index (χ4n) is 6.04. The van der Waals surface area contributed by atoms with E-state index in [1.165, 1.54) is 47.5 Å². The van der Waals surface area contributed by atoms with Crippen molar-refractivity contribution in [2.45, 2.75) is 6.54 Å². The van der Waals surface area contributed by atoms with Crippen LogP contribution < -0.4 is 5.32 Å². The van der Waals surface area contributed by atoms with Crippen molar-refractivity contribution < 1.29 is 0 Å². The molecule has 0 radical (unpaired) electrons. The van der Waals surface area contributed by atoms with E-state index in [1.807, 2.05) is 65.9 Å². The molecule has 3 nitrogen and oxygen atoms in total. The molecule has 0 amide bonds. The first-order valence-corrected chi connectivity index (χ1v) is 15.0. The molecule has 2 N–H and O–H groups in total. The van der Waals surface area contributed by atoms with Crippen molar-refractivity contribution in [2.75, 3.05) is 5.32 Å². The molecule has 8 aromatic rings. The van der Waals surface area contributed by atoms with Gasteiger partial charge in [-0.25, -0.2) is 0 Å². The van der Waals surface area contributed by atoms with Crippen LogP contribution in [0.3, 0.4) is 0 Å². The number of anilines is 1. The van der Waals surface area contributed by atoms with Gasteiger partial charge in [0.15, 0.2) is 0 Å². The van der Waals surface area contributed by atoms with Gasteiger partial charge < -0.3 is 9.88 Å². The summed E-state index contributed by atoms with van der Waals surface area (Å²) < 4.78 is 5.05. The summed E-state index contributed by atoms with van der Waals surface area (Å²) in [7, 11) is 0. The Morgan fingerprint density at radius 2 is 1.31 bits per heavy atom. The lowest BCUT2D eigenvalue weighted by Gasteiger charge is -2.14. The Bertz CT molecular complexity index is 2260. The van der Waals surface area contributed by atoms with E-state index < -0.39 is 0 Å². The Morgan fingerprint density at radius 1 is 0.595 bits per heavy atom. The van der Waals surface area contributed by atoms with Gasteiger partial charge in [-0.2, -0.15) is 0 Å². The van der Waals surface area contributed by atoms with E-state index in [2.05, 4.69) is 94.8 Å². The normalized spacial score (nSPS) is 11.5. The molecule has 8 rings (SSSR count). The smallest absolute Gasteiger partial charge is 0.0705 e. The lowest BCUT2D eigenvalue weighted by molar-refractivity contribution is 1.12. The van der Waals surface area contributed by atoms with Crippen LogP contribution in [0.5, 0.6) is 0 Å². The number of nitrogens with zero attached hydrogens (tertiary/aromatic N) is 1. The van der Waals surface area contributed by atoms with Crippen LogP contribution in [-0.2, 0) is 6.54 Å². The topological polar surface area (TPSA) is 40.8 Å². The fraction of sp³-hybridized carbons (Fsp3) is 0.0263. The van der Waals surface area contributed by atoms with Gasteiger partial charge in [0.25, 0.3) is 0 Å². The molecule has 0 fully saturated rings. The van der Waals surface area contributed by atoms with Gasteiger partial charge in [0.05, 0.1) is 16.7 Å². The summed E-state index contributed by atoms with van der Waals surface area (Å²) in [6.07, 6.45) is 0. The Morgan fingerprint density at radius 3 is 2.17 bits per heavy atom. The van der Waals surface area contributed by atoms with Crippen LogP contribution in [0, 0.1) is 5.41 Å². The van der Waals surface area contributed by atoms with E-state index in [9.17, 15) is 0 Å². The van der Waals surface area contributed by atoms with Crippen LogP contribution in [0.1, 0.15) is 16.7 Å². The van der Waals surface area contributed by atoms with Gasteiger partial charge in [0.1, 0.15) is 0 Å². The number of hydrogen-bond donors (Lipinski definition) is 2. The molecule has 0 bridgehead atoms. The number of thiophene rings is 1. The fourth-order valence-corrected chi connectivity index (χ4v) is 7.17. The summed E-state index contributed by atoms with van der Waals surface area (Å²) in [5, 5.41) is 17.5. The number of hydrogen-bond acceptors (Lipinski definition) is 3. The summed E-state index contributed by atoms with van der Waals surface area (Å²) in [5.74, 6) is 0. The highest BCUT2D eigenvalue weighted by Crippen LogP contribution is 2.40. The lowest BCUT2D eigenvalue weighted by Crippen LogP contribution is -2.08. The van der Waals surface area contributed by atoms with Gasteiger partial charge in [0.2, 0.25) is 0 Å². The second kappa shape index (κ2) is 10.0. The molecule has 2 aromatic heterocycles. The maximum atomic E-state index is 8.78. The SMILES string of the molecule is N=C(c1ccccc1)c1ccccc1NCc1ccc(-n2c3ccccc3c3cc4sc5ccccc5c4cc32)cc1. The molecule has 0 aliphatic rings. The monoisotopic (exact) mass is 557 g/mol. The Hall–Kier alpha value is -5.19. The lowest BCUT2D eigenvalue weighted by atomic mass is 10.0. The first-order valence-electron chi connectivity index (χ1n) is 14.2. The maximum Gasteiger partial charge on any atom is 0.0705 e. The number of nitrogens with one attached hydrogen (secondary N) is 2. The number of benzene rings is 6. The zero-order valence-corrected chi connectivity index (χ0v) is 23.7. The zero-order chi connectivity index (χ0) is 28.0. The molecule has 200 valence electrons. The minimum absolute atomic E-state index is 0.521. The average molecular weight is 558 g/mol. The molecule has 42 heavy (non-hydrogen) atoms. The molecular formula is C38H27N3S. The van der Waals surface area contributed by atoms with Gasteiger partial charge in [-0.15, -0.1) is 11.3 Å². The van der Waals surface area contributed by atoms with Crippen LogP contribution in [0.4, 0.5) is 5.69 Å². The second-order valence-electron chi connectivity index (χ2n) is 10.6. The van der Waals surface area contributed by atoms with Gasteiger partial charge in [-0.1, -0.05) is 97.1 Å². The van der Waals surface area contributed by atoms with Crippen molar-refractivity contribution in [1.29, 1.82) is 5.41 Å². The molecule has 0 saturated carbocycles. The molecule has 0 saturated heterocycles. The Balaban J connectivity index is 1.15. The van der Waals surface area contributed by atoms with Gasteiger partial charge >= 0.3 is 0 Å². The van der Waals surface area contributed by atoms with E-state index in [4.69, 9.17) is 5.41 Å². The minimum atomic E-state index is 0.521. The first kappa shape index (κ1) is 24.6. The van der Waals surface area contributed by atoms with E-state index in [0.29, 0.717) is 12.3 Å². The van der Waals surface area contributed by atoms with E-state index in [-0.39, 0.29) is 0 Å². The molecule has 0 spiro atoms. The average Bonchev–Trinajstić information content (AvgIpc) is 3.58. The number of rotatable bonds is 6. The molecule has 2 heterocycles. The molecule has 0 aliphatic carbocycles. The second-order valence-corrected chi connectivity index (χ2v) is 11.7. The molecule has 4 heteroatoms. The van der Waals surface area contributed by atoms with Crippen LogP contribution >= 0.6 is 11.3 Å². The molecular weight excluding hydrogens is 531 g/mol. The van der Waals surface area contributed by atoms with Gasteiger partial charge in [-0.3, -0.25) is 5.41 Å². The van der Waals surface area contributed by atoms with Gasteiger partial charge in [0, 0.05) is 60.0 Å². The predicted molar refractivity (Wildman–Crippen MR) is 180 cm³/mol. The summed E-state index contributed by atoms with van der Waals surface area (Å²) in [4.78, 5) is 0. The van der Waals surface area contributed by atoms with E-state index in [1.54, 1.807) is 0 Å². The van der Waals surface area contributed by atoms with E-state index in [0.717, 1.165) is 22.5 Å². The number of fused-ring (bicyclic) bond motifs is 6. The molecule has 0 unspecified atom stereocenters. The number of para-hydroxylation sites is 2. The molecule has 0 atom stereocenters. The van der Waals surface area contributed by atoms with Crippen molar-refractivity contribution in [3.8, 4) is 5.69 Å². The third-order valence-corrected chi connectivity index (χ3v) is 9.24. The van der Waals surface area contributed by atoms with Crippen molar-refractivity contribution >= 4 is 64.7 Å². The first-order chi connectivity index (χ1) is 20.7.